The Morgan fingerprint density at radius 1 is 1.33 bits per heavy atom. The average Bonchev–Trinajstić information content (AvgIpc) is 3.26. The van der Waals surface area contributed by atoms with Gasteiger partial charge in [-0.05, 0) is 12.8 Å². The van der Waals surface area contributed by atoms with E-state index in [1.807, 2.05) is 0 Å². The number of hydrogen-bond donors (Lipinski definition) is 2. The summed E-state index contributed by atoms with van der Waals surface area (Å²) in [7, 11) is 2.75. The largest absolute Gasteiger partial charge is 0.377 e. The number of aliphatic imine (C=N–C) groups is 2. The smallest absolute Gasteiger partial charge is 0.264 e. The normalized spacial score (nSPS) is 25.4. The fourth-order valence-electron chi connectivity index (χ4n) is 1.96. The van der Waals surface area contributed by atoms with E-state index in [1.165, 1.54) is 14.2 Å². The SMILES string of the molecule is COCC(=O)C1=NC(N)(C(=O)COC)N(N)C(C2CC2)=N1. The van der Waals surface area contributed by atoms with Crippen LogP contribution in [-0.4, -0.2) is 61.5 Å². The van der Waals surface area contributed by atoms with Gasteiger partial charge in [-0.25, -0.2) is 15.8 Å². The number of amidine groups is 2. The van der Waals surface area contributed by atoms with E-state index >= 15 is 0 Å². The average molecular weight is 297 g/mol. The molecule has 0 saturated heterocycles. The van der Waals surface area contributed by atoms with Crippen LogP contribution in [0.25, 0.3) is 0 Å². The van der Waals surface area contributed by atoms with Gasteiger partial charge in [-0.2, -0.15) is 0 Å². The Hall–Kier alpha value is -1.68. The van der Waals surface area contributed by atoms with Gasteiger partial charge in [-0.1, -0.05) is 0 Å². The summed E-state index contributed by atoms with van der Waals surface area (Å²) >= 11 is 0. The first-order valence-electron chi connectivity index (χ1n) is 6.50. The number of carbonyl (C=O) groups is 2. The zero-order valence-electron chi connectivity index (χ0n) is 12.0. The standard InChI is InChI=1S/C12H19N5O4/c1-20-5-8(18)10-15-11(7-3-4-7)17(14)12(13,16-10)9(19)6-21-2/h7H,3-6,13-14H2,1-2H3. The first kappa shape index (κ1) is 15.7. The fourth-order valence-corrected chi connectivity index (χ4v) is 1.96. The topological polar surface area (TPSA) is 133 Å². The fraction of sp³-hybridized carbons (Fsp3) is 0.667. The molecular formula is C12H19N5O4. The molecule has 1 saturated carbocycles. The molecule has 9 nitrogen and oxygen atoms in total. The van der Waals surface area contributed by atoms with Crippen molar-refractivity contribution in [1.82, 2.24) is 5.01 Å². The number of nitrogens with zero attached hydrogens (tertiary/aromatic N) is 3. The molecule has 0 aromatic carbocycles. The number of ether oxygens (including phenoxy) is 2. The van der Waals surface area contributed by atoms with E-state index in [0.717, 1.165) is 17.9 Å². The second-order valence-corrected chi connectivity index (χ2v) is 4.99. The lowest BCUT2D eigenvalue weighted by Crippen LogP contribution is -2.68. The molecule has 2 aliphatic rings. The van der Waals surface area contributed by atoms with Crippen LogP contribution in [0.2, 0.25) is 0 Å². The minimum Gasteiger partial charge on any atom is -0.377 e. The van der Waals surface area contributed by atoms with Gasteiger partial charge in [0.15, 0.2) is 5.84 Å². The van der Waals surface area contributed by atoms with Gasteiger partial charge in [0.05, 0.1) is 0 Å². The molecule has 0 aromatic rings. The predicted octanol–water partition coefficient (Wildman–Crippen LogP) is -1.57. The number of hydrogen-bond acceptors (Lipinski definition) is 9. The molecule has 21 heavy (non-hydrogen) atoms. The van der Waals surface area contributed by atoms with E-state index in [-0.39, 0.29) is 25.0 Å². The van der Waals surface area contributed by atoms with Crippen LogP contribution in [0.5, 0.6) is 0 Å². The Morgan fingerprint density at radius 2 is 1.95 bits per heavy atom. The third kappa shape index (κ3) is 3.00. The van der Waals surface area contributed by atoms with E-state index in [1.54, 1.807) is 0 Å². The van der Waals surface area contributed by atoms with Crippen LogP contribution in [-0.2, 0) is 19.1 Å². The molecular weight excluding hydrogens is 278 g/mol. The third-order valence-corrected chi connectivity index (χ3v) is 3.26. The van der Waals surface area contributed by atoms with E-state index in [2.05, 4.69) is 9.98 Å². The van der Waals surface area contributed by atoms with Gasteiger partial charge in [-0.3, -0.25) is 20.3 Å². The highest BCUT2D eigenvalue weighted by Crippen LogP contribution is 2.34. The van der Waals surface area contributed by atoms with Crippen LogP contribution in [0.1, 0.15) is 12.8 Å². The van der Waals surface area contributed by atoms with Crippen LogP contribution in [0, 0.1) is 5.92 Å². The molecule has 0 aromatic heterocycles. The van der Waals surface area contributed by atoms with Crippen molar-refractivity contribution >= 4 is 23.2 Å². The van der Waals surface area contributed by atoms with Crippen LogP contribution < -0.4 is 11.6 Å². The van der Waals surface area contributed by atoms with Crippen molar-refractivity contribution in [3.63, 3.8) is 0 Å². The van der Waals surface area contributed by atoms with Crippen LogP contribution in [0.4, 0.5) is 0 Å². The highest BCUT2D eigenvalue weighted by Gasteiger charge is 2.47. The monoisotopic (exact) mass is 297 g/mol. The number of methoxy groups -OCH3 is 2. The lowest BCUT2D eigenvalue weighted by atomic mass is 10.1. The summed E-state index contributed by atoms with van der Waals surface area (Å²) in [6, 6.07) is 0. The molecule has 0 bridgehead atoms. The Balaban J connectivity index is 2.37. The van der Waals surface area contributed by atoms with E-state index in [4.69, 9.17) is 21.1 Å². The molecule has 1 fully saturated rings. The first-order chi connectivity index (χ1) is 9.93. The molecule has 0 radical (unpaired) electrons. The summed E-state index contributed by atoms with van der Waals surface area (Å²) in [6.07, 6.45) is 1.76. The van der Waals surface area contributed by atoms with E-state index < -0.39 is 17.4 Å². The van der Waals surface area contributed by atoms with Gasteiger partial charge in [0.2, 0.25) is 11.6 Å². The molecule has 2 rings (SSSR count). The molecule has 4 N–H and O–H groups in total. The molecule has 1 atom stereocenters. The molecule has 1 aliphatic carbocycles. The van der Waals surface area contributed by atoms with Crippen molar-refractivity contribution < 1.29 is 19.1 Å². The molecule has 0 spiro atoms. The Kier molecular flexibility index (Phi) is 4.47. The number of ketones is 2. The van der Waals surface area contributed by atoms with E-state index in [0.29, 0.717) is 5.84 Å². The molecule has 1 aliphatic heterocycles. The summed E-state index contributed by atoms with van der Waals surface area (Å²) < 4.78 is 9.57. The minimum atomic E-state index is -1.88. The van der Waals surface area contributed by atoms with Gasteiger partial charge in [0.25, 0.3) is 5.79 Å². The van der Waals surface area contributed by atoms with Crippen molar-refractivity contribution in [2.45, 2.75) is 18.6 Å². The minimum absolute atomic E-state index is 0.0918. The predicted molar refractivity (Wildman–Crippen MR) is 74.3 cm³/mol. The second-order valence-electron chi connectivity index (χ2n) is 4.99. The first-order valence-corrected chi connectivity index (χ1v) is 6.50. The summed E-state index contributed by atoms with van der Waals surface area (Å²) in [5.41, 5.74) is 6.02. The Morgan fingerprint density at radius 3 is 2.48 bits per heavy atom. The van der Waals surface area contributed by atoms with Crippen molar-refractivity contribution in [2.24, 2.45) is 27.5 Å². The summed E-state index contributed by atoms with van der Waals surface area (Å²) in [5.74, 6) is 3.37. The zero-order valence-corrected chi connectivity index (χ0v) is 12.0. The third-order valence-electron chi connectivity index (χ3n) is 3.26. The summed E-state index contributed by atoms with van der Waals surface area (Å²) in [5, 5.41) is 1.04. The summed E-state index contributed by atoms with van der Waals surface area (Å²) in [6.45, 7) is -0.462. The maximum Gasteiger partial charge on any atom is 0.264 e. The lowest BCUT2D eigenvalue weighted by molar-refractivity contribution is -0.132. The van der Waals surface area contributed by atoms with Crippen LogP contribution in [0.15, 0.2) is 9.98 Å². The second kappa shape index (κ2) is 5.98. The lowest BCUT2D eigenvalue weighted by Gasteiger charge is -2.37. The Bertz CT molecular complexity index is 514. The van der Waals surface area contributed by atoms with Crippen molar-refractivity contribution in [2.75, 3.05) is 27.4 Å². The summed E-state index contributed by atoms with van der Waals surface area (Å²) in [4.78, 5) is 32.2. The molecule has 1 unspecified atom stereocenters. The highest BCUT2D eigenvalue weighted by molar-refractivity contribution is 6.42. The molecule has 9 heteroatoms. The van der Waals surface area contributed by atoms with Gasteiger partial charge in [0.1, 0.15) is 19.0 Å². The quantitative estimate of drug-likeness (QED) is 0.542. The van der Waals surface area contributed by atoms with Crippen molar-refractivity contribution in [3.05, 3.63) is 0 Å². The van der Waals surface area contributed by atoms with Crippen molar-refractivity contribution in [1.29, 1.82) is 0 Å². The van der Waals surface area contributed by atoms with Crippen LogP contribution >= 0.6 is 0 Å². The highest BCUT2D eigenvalue weighted by atomic mass is 16.5. The zero-order chi connectivity index (χ0) is 15.6. The van der Waals surface area contributed by atoms with Gasteiger partial charge in [-0.15, -0.1) is 0 Å². The van der Waals surface area contributed by atoms with Gasteiger partial charge in [0, 0.05) is 20.1 Å². The molecule has 116 valence electrons. The van der Waals surface area contributed by atoms with E-state index in [9.17, 15) is 9.59 Å². The number of nitrogens with two attached hydrogens (primary N) is 2. The number of Topliss-reactive ketones (excluding diaryl/α,β-unsaturated/α-hetero) is 2. The number of carbonyl (C=O) groups excluding carboxylic acids is 2. The molecule has 0 amide bonds. The van der Waals surface area contributed by atoms with Crippen molar-refractivity contribution in [3.8, 4) is 0 Å². The Labute approximate surface area is 121 Å². The number of rotatable bonds is 7. The van der Waals surface area contributed by atoms with Crippen LogP contribution in [0.3, 0.4) is 0 Å². The number of hydrazine groups is 1. The molecule has 1 heterocycles. The maximum atomic E-state index is 12.2. The van der Waals surface area contributed by atoms with Gasteiger partial charge >= 0.3 is 0 Å². The van der Waals surface area contributed by atoms with Gasteiger partial charge < -0.3 is 9.47 Å². The maximum absolute atomic E-state index is 12.2.